The fourth-order valence-electron chi connectivity index (χ4n) is 8.35. The van der Waals surface area contributed by atoms with E-state index >= 15 is 0 Å². The summed E-state index contributed by atoms with van der Waals surface area (Å²) in [7, 11) is 0. The third-order valence-corrected chi connectivity index (χ3v) is 9.65. The van der Waals surface area contributed by atoms with Gasteiger partial charge in [-0.05, 0) is 87.5 Å². The lowest BCUT2D eigenvalue weighted by Gasteiger charge is -2.58. The van der Waals surface area contributed by atoms with Gasteiger partial charge in [-0.3, -0.25) is 9.59 Å². The number of fused-ring (bicyclic) bond motifs is 5. The van der Waals surface area contributed by atoms with Crippen LogP contribution < -0.4 is 10.6 Å². The van der Waals surface area contributed by atoms with Crippen LogP contribution in [0.5, 0.6) is 0 Å². The molecule has 4 rings (SSSR count). The third kappa shape index (κ3) is 3.33. The molecule has 1 aliphatic heterocycles. The molecule has 4 aliphatic rings. The zero-order valence-corrected chi connectivity index (χ0v) is 19.9. The molecule has 8 atom stereocenters. The molecular weight excluding hydrogens is 372 g/mol. The number of carbonyl (C=O) groups excluding carboxylic acids is 2. The lowest BCUT2D eigenvalue weighted by molar-refractivity contribution is -0.136. The van der Waals surface area contributed by atoms with E-state index in [1.54, 1.807) is 6.08 Å². The molecule has 0 aromatic heterocycles. The fourth-order valence-corrected chi connectivity index (χ4v) is 8.35. The molecule has 0 aromatic rings. The van der Waals surface area contributed by atoms with Crippen LogP contribution in [0.1, 0.15) is 86.5 Å². The molecule has 0 radical (unpaired) electrons. The maximum atomic E-state index is 13.5. The highest BCUT2D eigenvalue weighted by molar-refractivity contribution is 5.89. The highest BCUT2D eigenvalue weighted by Gasteiger charge is 2.62. The van der Waals surface area contributed by atoms with Crippen LogP contribution in [0, 0.1) is 40.4 Å². The second-order valence-electron chi connectivity index (χ2n) is 12.1. The van der Waals surface area contributed by atoms with Crippen molar-refractivity contribution in [1.29, 1.82) is 0 Å². The summed E-state index contributed by atoms with van der Waals surface area (Å²) in [5.41, 5.74) is 0.0243. The van der Waals surface area contributed by atoms with Crippen LogP contribution in [0.2, 0.25) is 0 Å². The van der Waals surface area contributed by atoms with Crippen LogP contribution in [-0.2, 0) is 9.59 Å². The van der Waals surface area contributed by atoms with Gasteiger partial charge in [0.05, 0.1) is 0 Å². The summed E-state index contributed by atoms with van der Waals surface area (Å²) >= 11 is 0. The van der Waals surface area contributed by atoms with Crippen molar-refractivity contribution in [2.45, 2.75) is 98.1 Å². The summed E-state index contributed by atoms with van der Waals surface area (Å²) in [5, 5.41) is 6.66. The van der Waals surface area contributed by atoms with Gasteiger partial charge in [-0.25, -0.2) is 0 Å². The molecule has 3 saturated carbocycles. The molecule has 0 bridgehead atoms. The first-order valence-corrected chi connectivity index (χ1v) is 12.3. The quantitative estimate of drug-likeness (QED) is 0.691. The molecule has 2 amide bonds. The van der Waals surface area contributed by atoms with Gasteiger partial charge in [0, 0.05) is 22.9 Å². The Balaban J connectivity index is 1.58. The molecule has 30 heavy (non-hydrogen) atoms. The first kappa shape index (κ1) is 21.9. The van der Waals surface area contributed by atoms with Gasteiger partial charge in [-0.1, -0.05) is 40.2 Å². The topological polar surface area (TPSA) is 58.2 Å². The third-order valence-electron chi connectivity index (χ3n) is 9.65. The average Bonchev–Trinajstić information content (AvgIpc) is 2.92. The van der Waals surface area contributed by atoms with Gasteiger partial charge in [0.2, 0.25) is 11.8 Å². The van der Waals surface area contributed by atoms with Crippen LogP contribution in [0.4, 0.5) is 0 Å². The molecule has 3 fully saturated rings. The zero-order valence-electron chi connectivity index (χ0n) is 19.9. The van der Waals surface area contributed by atoms with Crippen molar-refractivity contribution in [3.05, 3.63) is 12.2 Å². The van der Waals surface area contributed by atoms with E-state index in [1.807, 2.05) is 0 Å². The van der Waals surface area contributed by atoms with Crippen molar-refractivity contribution in [3.63, 3.8) is 0 Å². The Labute approximate surface area is 183 Å². The summed E-state index contributed by atoms with van der Waals surface area (Å²) in [5.74, 6) is 2.78. The molecular formula is C26H42N2O2. The number of hydrogen-bond donors (Lipinski definition) is 2. The first-order chi connectivity index (χ1) is 14.0. The predicted octanol–water partition coefficient (Wildman–Crippen LogP) is 4.84. The van der Waals surface area contributed by atoms with E-state index in [2.05, 4.69) is 58.3 Å². The van der Waals surface area contributed by atoms with Crippen LogP contribution in [0.15, 0.2) is 12.2 Å². The van der Waals surface area contributed by atoms with E-state index in [9.17, 15) is 9.59 Å². The Morgan fingerprint density at radius 2 is 1.97 bits per heavy atom. The Morgan fingerprint density at radius 3 is 2.67 bits per heavy atom. The fraction of sp³-hybridized carbons (Fsp3) is 0.846. The molecule has 3 unspecified atom stereocenters. The van der Waals surface area contributed by atoms with Crippen molar-refractivity contribution in [1.82, 2.24) is 10.6 Å². The molecule has 0 saturated heterocycles. The molecule has 4 heteroatoms. The zero-order chi connectivity index (χ0) is 21.9. The van der Waals surface area contributed by atoms with Gasteiger partial charge in [0.1, 0.15) is 0 Å². The summed E-state index contributed by atoms with van der Waals surface area (Å²) in [6.45, 7) is 13.6. The summed E-state index contributed by atoms with van der Waals surface area (Å²) in [4.78, 5) is 25.5. The van der Waals surface area contributed by atoms with Gasteiger partial charge in [0.25, 0.3) is 0 Å². The van der Waals surface area contributed by atoms with Gasteiger partial charge in [-0.2, -0.15) is 0 Å². The van der Waals surface area contributed by atoms with Crippen molar-refractivity contribution in [3.8, 4) is 0 Å². The van der Waals surface area contributed by atoms with Gasteiger partial charge in [0.15, 0.2) is 0 Å². The second-order valence-corrected chi connectivity index (χ2v) is 12.1. The highest BCUT2D eigenvalue weighted by atomic mass is 16.2. The van der Waals surface area contributed by atoms with Crippen LogP contribution in [0.3, 0.4) is 0 Å². The molecule has 0 spiro atoms. The maximum absolute atomic E-state index is 13.5. The van der Waals surface area contributed by atoms with Crippen LogP contribution in [-0.4, -0.2) is 23.4 Å². The van der Waals surface area contributed by atoms with E-state index in [0.29, 0.717) is 23.7 Å². The molecule has 2 N–H and O–H groups in total. The highest BCUT2D eigenvalue weighted by Crippen LogP contribution is 2.66. The summed E-state index contributed by atoms with van der Waals surface area (Å²) in [6, 6.07) is 0.272. The molecule has 4 nitrogen and oxygen atoms in total. The van der Waals surface area contributed by atoms with Crippen molar-refractivity contribution < 1.29 is 9.59 Å². The van der Waals surface area contributed by atoms with Crippen molar-refractivity contribution >= 4 is 11.8 Å². The second kappa shape index (κ2) is 7.38. The molecule has 0 aromatic carbocycles. The van der Waals surface area contributed by atoms with Crippen molar-refractivity contribution in [2.24, 2.45) is 40.4 Å². The average molecular weight is 415 g/mol. The minimum Gasteiger partial charge on any atom is -0.351 e. The largest absolute Gasteiger partial charge is 0.351 e. The van der Waals surface area contributed by atoms with E-state index < -0.39 is 0 Å². The SMILES string of the molecule is CCCC(C)(C)NC(=O)C1C(C)C[C@H]2[C@@H]3CCC4NC(=O)C=C[C@]4(C)[C@@H]3CC[C@]12C. The Kier molecular flexibility index (Phi) is 5.38. The summed E-state index contributed by atoms with van der Waals surface area (Å²) < 4.78 is 0. The number of carbonyl (C=O) groups is 2. The lowest BCUT2D eigenvalue weighted by Crippen LogP contribution is -2.60. The monoisotopic (exact) mass is 414 g/mol. The Bertz CT molecular complexity index is 743. The van der Waals surface area contributed by atoms with E-state index in [4.69, 9.17) is 0 Å². The number of amides is 2. The lowest BCUT2D eigenvalue weighted by atomic mass is 9.48. The normalized spacial score (nSPS) is 45.2. The number of hydrogen-bond acceptors (Lipinski definition) is 2. The van der Waals surface area contributed by atoms with E-state index in [0.717, 1.165) is 25.7 Å². The molecule has 1 heterocycles. The summed E-state index contributed by atoms with van der Waals surface area (Å²) in [6.07, 6.45) is 11.8. The van der Waals surface area contributed by atoms with Crippen molar-refractivity contribution in [2.75, 3.05) is 0 Å². The Hall–Kier alpha value is -1.32. The van der Waals surface area contributed by atoms with Gasteiger partial charge < -0.3 is 10.6 Å². The van der Waals surface area contributed by atoms with Crippen LogP contribution in [0.25, 0.3) is 0 Å². The Morgan fingerprint density at radius 1 is 1.23 bits per heavy atom. The van der Waals surface area contributed by atoms with Gasteiger partial charge >= 0.3 is 0 Å². The maximum Gasteiger partial charge on any atom is 0.243 e. The molecule has 168 valence electrons. The van der Waals surface area contributed by atoms with Crippen LogP contribution >= 0.6 is 0 Å². The standard InChI is InChI=1S/C26H42N2O2/c1-7-12-24(3,4)28-23(30)22-16(2)15-19-17-8-9-20-25(5,14-11-21(29)27-20)18(17)10-13-26(19,22)6/h11,14,16-20,22H,7-10,12-13,15H2,1-6H3,(H,27,29)(H,28,30)/t16?,17-,18-,19+,20?,22?,25-,26+/m1/s1. The molecule has 3 aliphatic carbocycles. The predicted molar refractivity (Wildman–Crippen MR) is 121 cm³/mol. The van der Waals surface area contributed by atoms with E-state index in [-0.39, 0.29) is 40.1 Å². The van der Waals surface area contributed by atoms with Gasteiger partial charge in [-0.15, -0.1) is 0 Å². The number of rotatable bonds is 4. The van der Waals surface area contributed by atoms with E-state index in [1.165, 1.54) is 19.3 Å². The first-order valence-electron chi connectivity index (χ1n) is 12.3. The smallest absolute Gasteiger partial charge is 0.243 e. The minimum atomic E-state index is -0.131. The minimum absolute atomic E-state index is 0.0604. The number of nitrogens with one attached hydrogen (secondary N) is 2.